The number of methoxy groups -OCH3 is 1. The van der Waals surface area contributed by atoms with E-state index in [1.54, 1.807) is 7.11 Å². The van der Waals surface area contributed by atoms with Crippen molar-refractivity contribution in [3.05, 3.63) is 25.4 Å². The number of aromatic amines is 1. The van der Waals surface area contributed by atoms with E-state index in [2.05, 4.69) is 9.97 Å². The zero-order valence-electron chi connectivity index (χ0n) is 9.35. The van der Waals surface area contributed by atoms with Crippen LogP contribution in [0.2, 0.25) is 0 Å². The van der Waals surface area contributed by atoms with E-state index in [-0.39, 0.29) is 5.56 Å². The van der Waals surface area contributed by atoms with E-state index in [1.165, 1.54) is 0 Å². The number of aromatic nitrogens is 2. The molecule has 0 amide bonds. The van der Waals surface area contributed by atoms with E-state index in [4.69, 9.17) is 4.74 Å². The molecule has 4 nitrogen and oxygen atoms in total. The summed E-state index contributed by atoms with van der Waals surface area (Å²) in [6, 6.07) is 0. The zero-order valence-corrected chi connectivity index (χ0v) is 11.5. The fourth-order valence-corrected chi connectivity index (χ4v) is 1.49. The maximum atomic E-state index is 11.6. The summed E-state index contributed by atoms with van der Waals surface area (Å²) in [4.78, 5) is 18.7. The molecule has 1 aromatic rings. The molecule has 1 unspecified atom stereocenters. The third-order valence-corrected chi connectivity index (χ3v) is 3.93. The largest absolute Gasteiger partial charge is 0.371 e. The van der Waals surface area contributed by atoms with Gasteiger partial charge in [-0.25, -0.2) is 4.98 Å². The van der Waals surface area contributed by atoms with Gasteiger partial charge in [0.1, 0.15) is 11.4 Å². The number of halogens is 1. The first-order chi connectivity index (χ1) is 6.94. The second-order valence-electron chi connectivity index (χ2n) is 3.60. The number of hydrogen-bond acceptors (Lipinski definition) is 3. The van der Waals surface area contributed by atoms with E-state index in [9.17, 15) is 4.79 Å². The standard InChI is InChI=1S/C10H15IN2O2/c1-5-10(3,15-4)9-12-6(2)7(11)8(14)13-9/h5H2,1-4H3,(H,12,13,14). The summed E-state index contributed by atoms with van der Waals surface area (Å²) in [5, 5.41) is 0. The molecular formula is C10H15IN2O2. The highest BCUT2D eigenvalue weighted by Crippen LogP contribution is 2.24. The van der Waals surface area contributed by atoms with Crippen LogP contribution in [0.15, 0.2) is 4.79 Å². The Kier molecular flexibility index (Phi) is 3.88. The van der Waals surface area contributed by atoms with Crippen molar-refractivity contribution >= 4 is 22.6 Å². The summed E-state index contributed by atoms with van der Waals surface area (Å²) in [6.45, 7) is 5.74. The van der Waals surface area contributed by atoms with E-state index < -0.39 is 5.60 Å². The normalized spacial score (nSPS) is 15.0. The van der Waals surface area contributed by atoms with Crippen LogP contribution in [0.25, 0.3) is 0 Å². The fraction of sp³-hybridized carbons (Fsp3) is 0.600. The minimum atomic E-state index is -0.520. The lowest BCUT2D eigenvalue weighted by atomic mass is 10.0. The monoisotopic (exact) mass is 322 g/mol. The summed E-state index contributed by atoms with van der Waals surface area (Å²) in [5.74, 6) is 0.593. The first-order valence-corrected chi connectivity index (χ1v) is 5.84. The van der Waals surface area contributed by atoms with Gasteiger partial charge in [-0.2, -0.15) is 0 Å². The third kappa shape index (κ3) is 2.39. The van der Waals surface area contributed by atoms with Gasteiger partial charge >= 0.3 is 0 Å². The minimum absolute atomic E-state index is 0.102. The van der Waals surface area contributed by atoms with Gasteiger partial charge in [-0.3, -0.25) is 4.79 Å². The molecule has 0 aromatic carbocycles. The molecule has 15 heavy (non-hydrogen) atoms. The van der Waals surface area contributed by atoms with Crippen molar-refractivity contribution in [1.29, 1.82) is 0 Å². The summed E-state index contributed by atoms with van der Waals surface area (Å²) in [7, 11) is 1.62. The molecule has 0 aliphatic carbocycles. The summed E-state index contributed by atoms with van der Waals surface area (Å²) in [6.07, 6.45) is 0.756. The van der Waals surface area contributed by atoms with Crippen molar-refractivity contribution in [2.75, 3.05) is 7.11 Å². The quantitative estimate of drug-likeness (QED) is 0.866. The summed E-state index contributed by atoms with van der Waals surface area (Å²) < 4.78 is 6.02. The van der Waals surface area contributed by atoms with Crippen LogP contribution in [0.4, 0.5) is 0 Å². The Balaban J connectivity index is 3.33. The van der Waals surface area contributed by atoms with Crippen LogP contribution in [0, 0.1) is 10.5 Å². The number of hydrogen-bond donors (Lipinski definition) is 1. The van der Waals surface area contributed by atoms with E-state index in [1.807, 2.05) is 43.4 Å². The maximum Gasteiger partial charge on any atom is 0.264 e. The zero-order chi connectivity index (χ0) is 11.6. The number of nitrogens with one attached hydrogen (secondary N) is 1. The van der Waals surface area contributed by atoms with Gasteiger partial charge in [0.25, 0.3) is 5.56 Å². The molecule has 84 valence electrons. The second-order valence-corrected chi connectivity index (χ2v) is 4.68. The molecular weight excluding hydrogens is 307 g/mol. The van der Waals surface area contributed by atoms with Gasteiger partial charge in [-0.05, 0) is 42.9 Å². The Morgan fingerprint density at radius 2 is 2.20 bits per heavy atom. The summed E-state index contributed by atoms with van der Waals surface area (Å²) >= 11 is 1.99. The first kappa shape index (κ1) is 12.6. The molecule has 0 saturated carbocycles. The molecule has 1 heterocycles. The SMILES string of the molecule is CCC(C)(OC)c1nc(C)c(I)c(=O)[nH]1. The van der Waals surface area contributed by atoms with Crippen LogP contribution >= 0.6 is 22.6 Å². The average molecular weight is 322 g/mol. The number of H-pyrrole nitrogens is 1. The lowest BCUT2D eigenvalue weighted by Crippen LogP contribution is -2.30. The van der Waals surface area contributed by atoms with Crippen LogP contribution < -0.4 is 5.56 Å². The molecule has 1 aromatic heterocycles. The van der Waals surface area contributed by atoms with Crippen molar-refractivity contribution in [3.8, 4) is 0 Å². The van der Waals surface area contributed by atoms with Crippen LogP contribution in [0.5, 0.6) is 0 Å². The number of ether oxygens (including phenoxy) is 1. The molecule has 0 bridgehead atoms. The highest BCUT2D eigenvalue weighted by molar-refractivity contribution is 14.1. The highest BCUT2D eigenvalue weighted by atomic mass is 127. The first-order valence-electron chi connectivity index (χ1n) is 4.76. The van der Waals surface area contributed by atoms with Gasteiger partial charge in [0, 0.05) is 7.11 Å². The number of nitrogens with zero attached hydrogens (tertiary/aromatic N) is 1. The molecule has 1 atom stereocenters. The van der Waals surface area contributed by atoms with Gasteiger partial charge in [0.15, 0.2) is 0 Å². The van der Waals surface area contributed by atoms with Gasteiger partial charge in [-0.1, -0.05) is 6.92 Å². The van der Waals surface area contributed by atoms with Crippen molar-refractivity contribution < 1.29 is 4.74 Å². The Morgan fingerprint density at radius 1 is 1.60 bits per heavy atom. The molecule has 0 aliphatic rings. The Labute approximate surface area is 103 Å². The minimum Gasteiger partial charge on any atom is -0.371 e. The van der Waals surface area contributed by atoms with Crippen molar-refractivity contribution in [1.82, 2.24) is 9.97 Å². The molecule has 0 spiro atoms. The van der Waals surface area contributed by atoms with Gasteiger partial charge in [-0.15, -0.1) is 0 Å². The predicted molar refractivity (Wildman–Crippen MR) is 67.0 cm³/mol. The second kappa shape index (κ2) is 4.61. The van der Waals surface area contributed by atoms with E-state index in [0.717, 1.165) is 12.1 Å². The van der Waals surface area contributed by atoms with Crippen LogP contribution in [-0.2, 0) is 10.3 Å². The van der Waals surface area contributed by atoms with E-state index in [0.29, 0.717) is 9.39 Å². The van der Waals surface area contributed by atoms with E-state index >= 15 is 0 Å². The molecule has 0 fully saturated rings. The van der Waals surface area contributed by atoms with Crippen LogP contribution in [0.3, 0.4) is 0 Å². The molecule has 1 rings (SSSR count). The highest BCUT2D eigenvalue weighted by Gasteiger charge is 2.27. The molecule has 1 N–H and O–H groups in total. The average Bonchev–Trinajstić information content (AvgIpc) is 2.24. The van der Waals surface area contributed by atoms with Crippen LogP contribution in [0.1, 0.15) is 31.8 Å². The summed E-state index contributed by atoms with van der Waals surface area (Å²) in [5.41, 5.74) is 0.120. The van der Waals surface area contributed by atoms with Crippen LogP contribution in [-0.4, -0.2) is 17.1 Å². The molecule has 5 heteroatoms. The molecule has 0 radical (unpaired) electrons. The van der Waals surface area contributed by atoms with Crippen molar-refractivity contribution in [2.24, 2.45) is 0 Å². The van der Waals surface area contributed by atoms with Gasteiger partial charge < -0.3 is 9.72 Å². The number of aryl methyl sites for hydroxylation is 1. The smallest absolute Gasteiger partial charge is 0.264 e. The lowest BCUT2D eigenvalue weighted by molar-refractivity contribution is -0.00935. The predicted octanol–water partition coefficient (Wildman–Crippen LogP) is 1.95. The van der Waals surface area contributed by atoms with Gasteiger partial charge in [0.05, 0.1) is 9.26 Å². The topological polar surface area (TPSA) is 55.0 Å². The number of rotatable bonds is 3. The Bertz CT molecular complexity index is 410. The van der Waals surface area contributed by atoms with Crippen molar-refractivity contribution in [3.63, 3.8) is 0 Å². The Hall–Kier alpha value is -0.430. The molecule has 0 aliphatic heterocycles. The fourth-order valence-electron chi connectivity index (χ4n) is 1.23. The maximum absolute atomic E-state index is 11.6. The van der Waals surface area contributed by atoms with Crippen molar-refractivity contribution in [2.45, 2.75) is 32.8 Å². The third-order valence-electron chi connectivity index (χ3n) is 2.65. The molecule has 0 saturated heterocycles. The lowest BCUT2D eigenvalue weighted by Gasteiger charge is -2.25. The van der Waals surface area contributed by atoms with Gasteiger partial charge in [0.2, 0.25) is 0 Å². The Morgan fingerprint density at radius 3 is 2.60 bits per heavy atom.